The summed E-state index contributed by atoms with van der Waals surface area (Å²) in [4.78, 5) is 13.6. The number of amides is 1. The van der Waals surface area contributed by atoms with Crippen LogP contribution in [0, 0.1) is 0 Å². The first-order chi connectivity index (χ1) is 9.11. The summed E-state index contributed by atoms with van der Waals surface area (Å²) in [5, 5.41) is 10.3. The monoisotopic (exact) mass is 259 g/mol. The van der Waals surface area contributed by atoms with E-state index in [0.29, 0.717) is 0 Å². The molecule has 2 rings (SSSR count). The van der Waals surface area contributed by atoms with Crippen LogP contribution in [-0.4, -0.2) is 29.0 Å². The molecule has 1 aromatic heterocycles. The molecular weight excluding hydrogens is 242 g/mol. The van der Waals surface area contributed by atoms with Crippen LogP contribution >= 0.6 is 0 Å². The number of benzene rings is 1. The van der Waals surface area contributed by atoms with Crippen LogP contribution in [0.1, 0.15) is 29.1 Å². The Morgan fingerprint density at radius 1 is 1.21 bits per heavy atom. The molecule has 0 saturated carbocycles. The van der Waals surface area contributed by atoms with Gasteiger partial charge in [0.25, 0.3) is 5.91 Å². The number of carbonyl (C=O) groups excluding carboxylic acids is 1. The third-order valence-electron chi connectivity index (χ3n) is 3.26. The topological polar surface area (TPSA) is 53.7 Å². The number of rotatable bonds is 4. The van der Waals surface area contributed by atoms with Gasteiger partial charge in [0.15, 0.2) is 5.76 Å². The van der Waals surface area contributed by atoms with Gasteiger partial charge in [0, 0.05) is 7.05 Å². The summed E-state index contributed by atoms with van der Waals surface area (Å²) in [6, 6.07) is 12.2. The molecule has 0 aliphatic heterocycles. The number of aliphatic hydroxyl groups excluding tert-OH is 1. The summed E-state index contributed by atoms with van der Waals surface area (Å²) in [6.45, 7) is 1.80. The van der Waals surface area contributed by atoms with E-state index in [4.69, 9.17) is 4.42 Å². The standard InChI is InChI=1S/C15H17NO3/c1-11(14(17)12-7-4-3-5-8-12)16(2)15(18)13-9-6-10-19-13/h3-11,14,17H,1-2H3/t11-,14?/m0/s1. The SMILES string of the molecule is C[C@@H](C(O)c1ccccc1)N(C)C(=O)c1ccco1. The van der Waals surface area contributed by atoms with Crippen molar-refractivity contribution < 1.29 is 14.3 Å². The molecule has 0 radical (unpaired) electrons. The van der Waals surface area contributed by atoms with Crippen LogP contribution in [0.2, 0.25) is 0 Å². The van der Waals surface area contributed by atoms with Crippen molar-refractivity contribution in [2.45, 2.75) is 19.1 Å². The van der Waals surface area contributed by atoms with Gasteiger partial charge in [-0.2, -0.15) is 0 Å². The van der Waals surface area contributed by atoms with Gasteiger partial charge in [-0.3, -0.25) is 4.79 Å². The van der Waals surface area contributed by atoms with Gasteiger partial charge in [0.1, 0.15) is 0 Å². The Morgan fingerprint density at radius 2 is 1.89 bits per heavy atom. The summed E-state index contributed by atoms with van der Waals surface area (Å²) in [6.07, 6.45) is 0.726. The summed E-state index contributed by atoms with van der Waals surface area (Å²) >= 11 is 0. The van der Waals surface area contributed by atoms with Gasteiger partial charge in [0.05, 0.1) is 18.4 Å². The maximum Gasteiger partial charge on any atom is 0.289 e. The number of nitrogens with zero attached hydrogens (tertiary/aromatic N) is 1. The van der Waals surface area contributed by atoms with Gasteiger partial charge in [-0.05, 0) is 24.6 Å². The highest BCUT2D eigenvalue weighted by molar-refractivity contribution is 5.91. The second-order valence-electron chi connectivity index (χ2n) is 4.49. The van der Waals surface area contributed by atoms with E-state index in [1.807, 2.05) is 30.3 Å². The minimum Gasteiger partial charge on any atom is -0.459 e. The van der Waals surface area contributed by atoms with E-state index in [1.165, 1.54) is 11.2 Å². The smallest absolute Gasteiger partial charge is 0.289 e. The molecule has 2 aromatic rings. The van der Waals surface area contributed by atoms with Crippen molar-refractivity contribution in [3.8, 4) is 0 Å². The molecule has 1 amide bonds. The minimum atomic E-state index is -0.731. The minimum absolute atomic E-state index is 0.243. The van der Waals surface area contributed by atoms with Crippen molar-refractivity contribution in [1.29, 1.82) is 0 Å². The molecule has 100 valence electrons. The van der Waals surface area contributed by atoms with Crippen LogP contribution < -0.4 is 0 Å². The summed E-state index contributed by atoms with van der Waals surface area (Å²) in [7, 11) is 1.65. The molecule has 1 N–H and O–H groups in total. The average molecular weight is 259 g/mol. The number of aliphatic hydroxyl groups is 1. The van der Waals surface area contributed by atoms with Crippen molar-refractivity contribution in [2.24, 2.45) is 0 Å². The third kappa shape index (κ3) is 2.85. The van der Waals surface area contributed by atoms with Crippen molar-refractivity contribution in [1.82, 2.24) is 4.90 Å². The van der Waals surface area contributed by atoms with Gasteiger partial charge < -0.3 is 14.4 Å². The normalized spacial score (nSPS) is 13.8. The first-order valence-electron chi connectivity index (χ1n) is 6.15. The Morgan fingerprint density at radius 3 is 2.47 bits per heavy atom. The fourth-order valence-corrected chi connectivity index (χ4v) is 1.90. The van der Waals surface area contributed by atoms with E-state index in [1.54, 1.807) is 26.1 Å². The second-order valence-corrected chi connectivity index (χ2v) is 4.49. The van der Waals surface area contributed by atoms with Crippen molar-refractivity contribution in [3.05, 3.63) is 60.1 Å². The number of carbonyl (C=O) groups is 1. The Kier molecular flexibility index (Phi) is 4.02. The zero-order valence-corrected chi connectivity index (χ0v) is 11.0. The number of likely N-dealkylation sites (N-methyl/N-ethyl adjacent to an activating group) is 1. The molecule has 1 heterocycles. The van der Waals surface area contributed by atoms with E-state index in [0.717, 1.165) is 5.56 Å². The van der Waals surface area contributed by atoms with Gasteiger partial charge >= 0.3 is 0 Å². The maximum atomic E-state index is 12.1. The predicted molar refractivity (Wildman–Crippen MR) is 71.7 cm³/mol. The Balaban J connectivity index is 2.11. The Hall–Kier alpha value is -2.07. The molecule has 1 aromatic carbocycles. The summed E-state index contributed by atoms with van der Waals surface area (Å²) < 4.78 is 5.08. The van der Waals surface area contributed by atoms with Crippen molar-refractivity contribution >= 4 is 5.91 Å². The molecule has 19 heavy (non-hydrogen) atoms. The summed E-state index contributed by atoms with van der Waals surface area (Å²) in [5.41, 5.74) is 0.786. The fraction of sp³-hybridized carbons (Fsp3) is 0.267. The Labute approximate surface area is 112 Å². The fourth-order valence-electron chi connectivity index (χ4n) is 1.90. The molecule has 0 aliphatic carbocycles. The van der Waals surface area contributed by atoms with Crippen LogP contribution in [0.25, 0.3) is 0 Å². The van der Waals surface area contributed by atoms with Crippen LogP contribution in [0.3, 0.4) is 0 Å². The molecule has 2 atom stereocenters. The van der Waals surface area contributed by atoms with Gasteiger partial charge in [0.2, 0.25) is 0 Å². The molecule has 4 heteroatoms. The van der Waals surface area contributed by atoms with Crippen molar-refractivity contribution in [3.63, 3.8) is 0 Å². The molecule has 0 saturated heterocycles. The molecule has 1 unspecified atom stereocenters. The highest BCUT2D eigenvalue weighted by Gasteiger charge is 2.25. The average Bonchev–Trinajstić information content (AvgIpc) is 2.99. The van der Waals surface area contributed by atoms with Crippen LogP contribution in [0.15, 0.2) is 53.1 Å². The quantitative estimate of drug-likeness (QED) is 0.917. The van der Waals surface area contributed by atoms with Gasteiger partial charge in [-0.15, -0.1) is 0 Å². The zero-order chi connectivity index (χ0) is 13.8. The van der Waals surface area contributed by atoms with E-state index < -0.39 is 6.10 Å². The van der Waals surface area contributed by atoms with E-state index in [9.17, 15) is 9.90 Å². The van der Waals surface area contributed by atoms with Crippen LogP contribution in [-0.2, 0) is 0 Å². The van der Waals surface area contributed by atoms with E-state index in [2.05, 4.69) is 0 Å². The lowest BCUT2D eigenvalue weighted by Crippen LogP contribution is -2.38. The molecule has 0 bridgehead atoms. The first kappa shape index (κ1) is 13.4. The lowest BCUT2D eigenvalue weighted by Gasteiger charge is -2.28. The maximum absolute atomic E-state index is 12.1. The van der Waals surface area contributed by atoms with E-state index >= 15 is 0 Å². The lowest BCUT2D eigenvalue weighted by atomic mass is 10.0. The number of furan rings is 1. The zero-order valence-electron chi connectivity index (χ0n) is 11.0. The molecular formula is C15H17NO3. The van der Waals surface area contributed by atoms with Crippen molar-refractivity contribution in [2.75, 3.05) is 7.05 Å². The van der Waals surface area contributed by atoms with Crippen LogP contribution in [0.5, 0.6) is 0 Å². The highest BCUT2D eigenvalue weighted by Crippen LogP contribution is 2.21. The third-order valence-corrected chi connectivity index (χ3v) is 3.26. The van der Waals surface area contributed by atoms with E-state index in [-0.39, 0.29) is 17.7 Å². The predicted octanol–water partition coefficient (Wildman–Crippen LogP) is 2.47. The molecule has 0 aliphatic rings. The van der Waals surface area contributed by atoms with Gasteiger partial charge in [-0.25, -0.2) is 0 Å². The highest BCUT2D eigenvalue weighted by atomic mass is 16.3. The Bertz CT molecular complexity index is 522. The first-order valence-corrected chi connectivity index (χ1v) is 6.15. The lowest BCUT2D eigenvalue weighted by molar-refractivity contribution is 0.0461. The molecule has 0 spiro atoms. The summed E-state index contributed by atoms with van der Waals surface area (Å²) in [5.74, 6) is 0.0297. The number of hydrogen-bond donors (Lipinski definition) is 1. The van der Waals surface area contributed by atoms with Gasteiger partial charge in [-0.1, -0.05) is 30.3 Å². The number of hydrogen-bond acceptors (Lipinski definition) is 3. The van der Waals surface area contributed by atoms with Crippen LogP contribution in [0.4, 0.5) is 0 Å². The largest absolute Gasteiger partial charge is 0.459 e. The molecule has 0 fully saturated rings. The molecule has 4 nitrogen and oxygen atoms in total. The second kappa shape index (κ2) is 5.71.